The average molecular weight is 126 g/mol. The van der Waals surface area contributed by atoms with Crippen LogP contribution in [0.3, 0.4) is 0 Å². The smallest absolute Gasteiger partial charge is 0.297 e. The first kappa shape index (κ1) is 8.53. The highest BCUT2D eigenvalue weighted by atomic mass is 16.4. The summed E-state index contributed by atoms with van der Waals surface area (Å²) < 4.78 is 0. The molecular weight excluding hydrogens is 115 g/mol. The fourth-order valence-corrected chi connectivity index (χ4v) is 0.609. The van der Waals surface area contributed by atoms with Crippen LogP contribution in [-0.2, 0) is 4.79 Å². The van der Waals surface area contributed by atoms with Crippen molar-refractivity contribution in [3.63, 3.8) is 0 Å². The predicted octanol–water partition coefficient (Wildman–Crippen LogP) is 1.07. The molecule has 0 spiro atoms. The van der Waals surface area contributed by atoms with Crippen molar-refractivity contribution in [2.75, 3.05) is 0 Å². The Morgan fingerprint density at radius 2 is 2.11 bits per heavy atom. The molecule has 0 rings (SSSR count). The SMILES string of the molecule is [B][C@@H](CC(C)C)C(=O)O. The molecule has 2 radical (unpaired) electrons. The number of carboxylic acids is 1. The van der Waals surface area contributed by atoms with Crippen molar-refractivity contribution in [1.82, 2.24) is 0 Å². The van der Waals surface area contributed by atoms with Gasteiger partial charge in [-0.3, -0.25) is 4.79 Å². The van der Waals surface area contributed by atoms with E-state index in [0.717, 1.165) is 0 Å². The van der Waals surface area contributed by atoms with Gasteiger partial charge in [-0.2, -0.15) is 0 Å². The number of carboxylic acid groups (broad SMARTS) is 1. The molecule has 0 aliphatic rings. The van der Waals surface area contributed by atoms with Crippen LogP contribution in [0.5, 0.6) is 0 Å². The topological polar surface area (TPSA) is 37.3 Å². The highest BCUT2D eigenvalue weighted by molar-refractivity contribution is 6.22. The van der Waals surface area contributed by atoms with E-state index in [1.807, 2.05) is 13.8 Å². The number of hydrogen-bond donors (Lipinski definition) is 1. The Bertz CT molecular complexity index is 101. The minimum absolute atomic E-state index is 0.357. The summed E-state index contributed by atoms with van der Waals surface area (Å²) >= 11 is 0. The average Bonchev–Trinajstić information content (AvgIpc) is 1.63. The van der Waals surface area contributed by atoms with Crippen LogP contribution in [0.25, 0.3) is 0 Å². The lowest BCUT2D eigenvalue weighted by atomic mass is 9.81. The summed E-state index contributed by atoms with van der Waals surface area (Å²) in [5.74, 6) is -1.25. The van der Waals surface area contributed by atoms with Crippen molar-refractivity contribution in [2.24, 2.45) is 5.92 Å². The maximum absolute atomic E-state index is 10.1. The Morgan fingerprint density at radius 3 is 2.22 bits per heavy atom. The zero-order valence-corrected chi connectivity index (χ0v) is 5.79. The Labute approximate surface area is 56.7 Å². The lowest BCUT2D eigenvalue weighted by molar-refractivity contribution is -0.137. The molecule has 0 heterocycles. The number of rotatable bonds is 3. The maximum Gasteiger partial charge on any atom is 0.297 e. The third kappa shape index (κ3) is 4.07. The van der Waals surface area contributed by atoms with Gasteiger partial charge >= 0.3 is 0 Å². The first-order valence-electron chi connectivity index (χ1n) is 3.02. The molecule has 9 heavy (non-hydrogen) atoms. The van der Waals surface area contributed by atoms with E-state index in [1.54, 1.807) is 0 Å². The van der Waals surface area contributed by atoms with E-state index in [2.05, 4.69) is 0 Å². The van der Waals surface area contributed by atoms with Crippen molar-refractivity contribution in [3.05, 3.63) is 0 Å². The van der Waals surface area contributed by atoms with E-state index < -0.39 is 11.8 Å². The summed E-state index contributed by atoms with van der Waals surface area (Å²) in [6.07, 6.45) is 0.551. The predicted molar refractivity (Wildman–Crippen MR) is 36.6 cm³/mol. The zero-order valence-electron chi connectivity index (χ0n) is 5.79. The third-order valence-corrected chi connectivity index (χ3v) is 1.04. The maximum atomic E-state index is 10.1. The normalized spacial score (nSPS) is 13.7. The van der Waals surface area contributed by atoms with E-state index in [-0.39, 0.29) is 0 Å². The third-order valence-electron chi connectivity index (χ3n) is 1.04. The lowest BCUT2D eigenvalue weighted by Crippen LogP contribution is -2.09. The van der Waals surface area contributed by atoms with Crippen LogP contribution in [0.15, 0.2) is 0 Å². The van der Waals surface area contributed by atoms with Crippen molar-refractivity contribution in [1.29, 1.82) is 0 Å². The van der Waals surface area contributed by atoms with Gasteiger partial charge in [-0.1, -0.05) is 13.8 Å². The highest BCUT2D eigenvalue weighted by Crippen LogP contribution is 2.12. The molecule has 0 saturated carbocycles. The Balaban J connectivity index is 3.50. The molecule has 0 aromatic heterocycles. The molecule has 2 nitrogen and oxygen atoms in total. The molecule has 3 heteroatoms. The second kappa shape index (κ2) is 3.54. The number of hydrogen-bond acceptors (Lipinski definition) is 1. The molecule has 1 N–H and O–H groups in total. The summed E-state index contributed by atoms with van der Waals surface area (Å²) in [5.41, 5.74) is 0. The van der Waals surface area contributed by atoms with Gasteiger partial charge in [0.25, 0.3) is 5.97 Å². The molecule has 0 aromatic rings. The van der Waals surface area contributed by atoms with Crippen LogP contribution in [0, 0.1) is 5.92 Å². The van der Waals surface area contributed by atoms with Gasteiger partial charge in [0.1, 0.15) is 0 Å². The van der Waals surface area contributed by atoms with Gasteiger partial charge in [-0.05, 0) is 12.3 Å². The standard InChI is InChI=1S/C6H11BO2/c1-4(2)3-5(7)6(8)9/h4-5H,3H2,1-2H3,(H,8,9)/t5-/m0/s1. The molecule has 0 unspecified atom stereocenters. The van der Waals surface area contributed by atoms with Crippen LogP contribution >= 0.6 is 0 Å². The van der Waals surface area contributed by atoms with Gasteiger partial charge in [-0.15, -0.1) is 0 Å². The van der Waals surface area contributed by atoms with Gasteiger partial charge in [0.05, 0.1) is 7.85 Å². The molecule has 1 atom stereocenters. The van der Waals surface area contributed by atoms with Gasteiger partial charge in [0, 0.05) is 5.82 Å². The molecule has 0 aliphatic heterocycles. The minimum Gasteiger partial charge on any atom is -0.482 e. The summed E-state index contributed by atoms with van der Waals surface area (Å²) in [7, 11) is 5.22. The van der Waals surface area contributed by atoms with Crippen LogP contribution < -0.4 is 0 Å². The largest absolute Gasteiger partial charge is 0.482 e. The van der Waals surface area contributed by atoms with E-state index in [1.165, 1.54) is 0 Å². The van der Waals surface area contributed by atoms with E-state index >= 15 is 0 Å². The molecule has 0 fully saturated rings. The minimum atomic E-state index is -0.913. The zero-order chi connectivity index (χ0) is 7.44. The summed E-state index contributed by atoms with van der Waals surface area (Å²) in [5, 5.41) is 8.31. The van der Waals surface area contributed by atoms with Gasteiger partial charge in [0.2, 0.25) is 0 Å². The summed E-state index contributed by atoms with van der Waals surface area (Å²) in [6, 6.07) is 0. The Kier molecular flexibility index (Phi) is 3.36. The summed E-state index contributed by atoms with van der Waals surface area (Å²) in [6.45, 7) is 3.89. The van der Waals surface area contributed by atoms with Gasteiger partial charge < -0.3 is 5.11 Å². The lowest BCUT2D eigenvalue weighted by Gasteiger charge is -2.07. The van der Waals surface area contributed by atoms with Crippen molar-refractivity contribution in [3.8, 4) is 0 Å². The molecule has 0 aromatic carbocycles. The number of carbonyl (C=O) groups is 1. The van der Waals surface area contributed by atoms with Crippen LogP contribution in [0.1, 0.15) is 20.3 Å². The second-order valence-corrected chi connectivity index (χ2v) is 2.57. The Morgan fingerprint density at radius 1 is 1.67 bits per heavy atom. The molecule has 0 aliphatic carbocycles. The van der Waals surface area contributed by atoms with E-state index in [9.17, 15) is 4.79 Å². The van der Waals surface area contributed by atoms with Crippen molar-refractivity contribution < 1.29 is 9.90 Å². The second-order valence-electron chi connectivity index (χ2n) is 2.57. The highest BCUT2D eigenvalue weighted by Gasteiger charge is 2.10. The van der Waals surface area contributed by atoms with Crippen LogP contribution in [0.2, 0.25) is 5.82 Å². The monoisotopic (exact) mass is 126 g/mol. The molecule has 0 saturated heterocycles. The number of aliphatic carboxylic acids is 1. The molecular formula is C6H11BO2. The van der Waals surface area contributed by atoms with E-state index in [0.29, 0.717) is 12.3 Å². The molecule has 0 bridgehead atoms. The van der Waals surface area contributed by atoms with Crippen molar-refractivity contribution >= 4 is 13.8 Å². The van der Waals surface area contributed by atoms with Crippen LogP contribution in [0.4, 0.5) is 0 Å². The summed E-state index contributed by atoms with van der Waals surface area (Å²) in [4.78, 5) is 10.1. The van der Waals surface area contributed by atoms with Crippen molar-refractivity contribution in [2.45, 2.75) is 26.1 Å². The molecule has 0 amide bonds. The van der Waals surface area contributed by atoms with Gasteiger partial charge in [0.15, 0.2) is 0 Å². The molecule has 50 valence electrons. The quantitative estimate of drug-likeness (QED) is 0.574. The van der Waals surface area contributed by atoms with Crippen LogP contribution in [-0.4, -0.2) is 18.9 Å². The van der Waals surface area contributed by atoms with Gasteiger partial charge in [-0.25, -0.2) is 0 Å². The first-order chi connectivity index (χ1) is 4.04. The fraction of sp³-hybridized carbons (Fsp3) is 0.833. The Hall–Kier alpha value is -0.465. The van der Waals surface area contributed by atoms with E-state index in [4.69, 9.17) is 13.0 Å². The fourth-order valence-electron chi connectivity index (χ4n) is 0.609. The first-order valence-corrected chi connectivity index (χ1v) is 3.02.